The zero-order chi connectivity index (χ0) is 15.3. The standard InChI is InChI=1S/C15H24N4O2/c1-3-4-6-15(16-17-15)7-5-14(21)19-10-8-18(9-11-19)12-13(2)20/h1,13,20H,4-12H2,2H3. The molecule has 116 valence electrons. The van der Waals surface area contributed by atoms with Gasteiger partial charge in [-0.3, -0.25) is 9.69 Å². The second-order valence-corrected chi connectivity index (χ2v) is 5.92. The van der Waals surface area contributed by atoms with Crippen molar-refractivity contribution in [1.82, 2.24) is 9.80 Å². The van der Waals surface area contributed by atoms with E-state index in [2.05, 4.69) is 21.0 Å². The fourth-order valence-corrected chi connectivity index (χ4v) is 2.69. The third-order valence-corrected chi connectivity index (χ3v) is 4.04. The topological polar surface area (TPSA) is 68.5 Å². The molecule has 6 nitrogen and oxygen atoms in total. The summed E-state index contributed by atoms with van der Waals surface area (Å²) in [7, 11) is 0. The molecule has 1 amide bonds. The summed E-state index contributed by atoms with van der Waals surface area (Å²) in [5.74, 6) is 2.76. The Morgan fingerprint density at radius 1 is 1.33 bits per heavy atom. The first-order valence-electron chi connectivity index (χ1n) is 7.60. The van der Waals surface area contributed by atoms with Crippen LogP contribution in [0.1, 0.15) is 32.6 Å². The van der Waals surface area contributed by atoms with Gasteiger partial charge in [0.05, 0.1) is 6.10 Å². The molecular formula is C15H24N4O2. The minimum Gasteiger partial charge on any atom is -0.392 e. The van der Waals surface area contributed by atoms with Crippen LogP contribution < -0.4 is 0 Å². The summed E-state index contributed by atoms with van der Waals surface area (Å²) in [6.07, 6.45) is 7.48. The summed E-state index contributed by atoms with van der Waals surface area (Å²) < 4.78 is 0. The highest BCUT2D eigenvalue weighted by atomic mass is 16.3. The van der Waals surface area contributed by atoms with Crippen molar-refractivity contribution in [3.63, 3.8) is 0 Å². The molecule has 1 atom stereocenters. The van der Waals surface area contributed by atoms with E-state index in [0.29, 0.717) is 25.8 Å². The number of aliphatic hydroxyl groups excluding tert-OH is 1. The first-order valence-corrected chi connectivity index (χ1v) is 7.60. The van der Waals surface area contributed by atoms with E-state index in [0.717, 1.165) is 32.6 Å². The fraction of sp³-hybridized carbons (Fsp3) is 0.800. The third kappa shape index (κ3) is 4.80. The van der Waals surface area contributed by atoms with Gasteiger partial charge < -0.3 is 10.0 Å². The lowest BCUT2D eigenvalue weighted by Crippen LogP contribution is -2.50. The minimum absolute atomic E-state index is 0.170. The summed E-state index contributed by atoms with van der Waals surface area (Å²) in [4.78, 5) is 16.3. The largest absolute Gasteiger partial charge is 0.392 e. The molecule has 0 aromatic rings. The van der Waals surface area contributed by atoms with Gasteiger partial charge >= 0.3 is 0 Å². The van der Waals surface area contributed by atoms with Gasteiger partial charge in [0.15, 0.2) is 5.66 Å². The SMILES string of the molecule is C#CCCC1(CCC(=O)N2CCN(CC(C)O)CC2)N=N1. The normalized spacial score (nSPS) is 21.9. The molecule has 2 aliphatic heterocycles. The van der Waals surface area contributed by atoms with E-state index in [-0.39, 0.29) is 17.7 Å². The van der Waals surface area contributed by atoms with Gasteiger partial charge in [0.1, 0.15) is 0 Å². The van der Waals surface area contributed by atoms with Gasteiger partial charge in [-0.25, -0.2) is 0 Å². The van der Waals surface area contributed by atoms with Gasteiger partial charge in [0, 0.05) is 58.4 Å². The monoisotopic (exact) mass is 292 g/mol. The van der Waals surface area contributed by atoms with Crippen LogP contribution in [0.15, 0.2) is 10.2 Å². The van der Waals surface area contributed by atoms with Crippen molar-refractivity contribution in [2.24, 2.45) is 10.2 Å². The number of nitrogens with zero attached hydrogens (tertiary/aromatic N) is 4. The number of piperazine rings is 1. The average molecular weight is 292 g/mol. The van der Waals surface area contributed by atoms with Crippen LogP contribution in [0, 0.1) is 12.3 Å². The number of aliphatic hydroxyl groups is 1. The molecule has 0 radical (unpaired) electrons. The molecule has 0 bridgehead atoms. The molecule has 1 N–H and O–H groups in total. The lowest BCUT2D eigenvalue weighted by Gasteiger charge is -2.35. The van der Waals surface area contributed by atoms with Crippen molar-refractivity contribution in [3.05, 3.63) is 0 Å². The van der Waals surface area contributed by atoms with Gasteiger partial charge in [-0.05, 0) is 6.92 Å². The predicted molar refractivity (Wildman–Crippen MR) is 79.6 cm³/mol. The second kappa shape index (κ2) is 7.01. The van der Waals surface area contributed by atoms with Crippen molar-refractivity contribution < 1.29 is 9.90 Å². The van der Waals surface area contributed by atoms with Gasteiger partial charge in [0.25, 0.3) is 0 Å². The Morgan fingerprint density at radius 3 is 2.52 bits per heavy atom. The molecular weight excluding hydrogens is 268 g/mol. The Bertz CT molecular complexity index is 427. The molecule has 6 heteroatoms. The van der Waals surface area contributed by atoms with Gasteiger partial charge in [0.2, 0.25) is 5.91 Å². The Kier molecular flexibility index (Phi) is 5.32. The molecule has 0 aromatic carbocycles. The number of terminal acetylenes is 1. The lowest BCUT2D eigenvalue weighted by atomic mass is 10.0. The molecule has 1 saturated heterocycles. The Hall–Kier alpha value is -1.45. The van der Waals surface area contributed by atoms with Gasteiger partial charge in [-0.15, -0.1) is 12.3 Å². The number of amides is 1. The predicted octanol–water partition coefficient (Wildman–Crippen LogP) is 0.867. The molecule has 21 heavy (non-hydrogen) atoms. The zero-order valence-corrected chi connectivity index (χ0v) is 12.7. The highest BCUT2D eigenvalue weighted by Crippen LogP contribution is 2.37. The minimum atomic E-state index is -0.365. The summed E-state index contributed by atoms with van der Waals surface area (Å²) in [5, 5.41) is 17.5. The summed E-state index contributed by atoms with van der Waals surface area (Å²) in [6.45, 7) is 5.58. The molecule has 0 aliphatic carbocycles. The first kappa shape index (κ1) is 15.9. The molecule has 1 fully saturated rings. The highest BCUT2D eigenvalue weighted by Gasteiger charge is 2.39. The Balaban J connectivity index is 1.67. The number of hydrogen-bond donors (Lipinski definition) is 1. The van der Waals surface area contributed by atoms with E-state index >= 15 is 0 Å². The molecule has 2 heterocycles. The highest BCUT2D eigenvalue weighted by molar-refractivity contribution is 5.76. The maximum atomic E-state index is 12.2. The average Bonchev–Trinajstić information content (AvgIpc) is 3.23. The number of β-amino-alcohol motifs (C(OH)–C–C–N with tert-alkyl or cyclic N) is 1. The second-order valence-electron chi connectivity index (χ2n) is 5.92. The number of rotatable bonds is 7. The van der Waals surface area contributed by atoms with Crippen molar-refractivity contribution in [1.29, 1.82) is 0 Å². The van der Waals surface area contributed by atoms with Crippen LogP contribution >= 0.6 is 0 Å². The first-order chi connectivity index (χ1) is 10.0. The molecule has 0 saturated carbocycles. The Morgan fingerprint density at radius 2 is 2.00 bits per heavy atom. The maximum absolute atomic E-state index is 12.2. The fourth-order valence-electron chi connectivity index (χ4n) is 2.69. The van der Waals surface area contributed by atoms with Gasteiger partial charge in [-0.1, -0.05) is 0 Å². The number of carbonyl (C=O) groups is 1. The van der Waals surface area contributed by atoms with Crippen LogP contribution in [0.4, 0.5) is 0 Å². The zero-order valence-electron chi connectivity index (χ0n) is 12.7. The summed E-state index contributed by atoms with van der Waals surface area (Å²) in [6, 6.07) is 0. The maximum Gasteiger partial charge on any atom is 0.222 e. The molecule has 0 spiro atoms. The Labute approximate surface area is 126 Å². The van der Waals surface area contributed by atoms with Crippen LogP contribution in [0.5, 0.6) is 0 Å². The molecule has 2 rings (SSSR count). The van der Waals surface area contributed by atoms with E-state index in [1.165, 1.54) is 0 Å². The van der Waals surface area contributed by atoms with Crippen molar-refractivity contribution in [2.75, 3.05) is 32.7 Å². The smallest absolute Gasteiger partial charge is 0.222 e. The molecule has 2 aliphatic rings. The van der Waals surface area contributed by atoms with Crippen molar-refractivity contribution >= 4 is 5.91 Å². The lowest BCUT2D eigenvalue weighted by molar-refractivity contribution is -0.133. The van der Waals surface area contributed by atoms with Gasteiger partial charge in [-0.2, -0.15) is 10.2 Å². The summed E-state index contributed by atoms with van der Waals surface area (Å²) in [5.41, 5.74) is -0.365. The van der Waals surface area contributed by atoms with Crippen LogP contribution in [0.3, 0.4) is 0 Å². The van der Waals surface area contributed by atoms with E-state index in [1.54, 1.807) is 6.92 Å². The van der Waals surface area contributed by atoms with E-state index < -0.39 is 0 Å². The molecule has 0 aromatic heterocycles. The van der Waals surface area contributed by atoms with Crippen LogP contribution in [0.2, 0.25) is 0 Å². The molecule has 1 unspecified atom stereocenters. The number of carbonyl (C=O) groups excluding carboxylic acids is 1. The van der Waals surface area contributed by atoms with E-state index in [9.17, 15) is 9.90 Å². The van der Waals surface area contributed by atoms with Crippen LogP contribution in [-0.4, -0.2) is 65.3 Å². The summed E-state index contributed by atoms with van der Waals surface area (Å²) >= 11 is 0. The van der Waals surface area contributed by atoms with Crippen LogP contribution in [-0.2, 0) is 4.79 Å². The number of hydrogen-bond acceptors (Lipinski definition) is 5. The van der Waals surface area contributed by atoms with E-state index in [1.807, 2.05) is 4.90 Å². The quantitative estimate of drug-likeness (QED) is 0.708. The van der Waals surface area contributed by atoms with Crippen molar-refractivity contribution in [2.45, 2.75) is 44.4 Å². The van der Waals surface area contributed by atoms with E-state index in [4.69, 9.17) is 6.42 Å². The third-order valence-electron chi connectivity index (χ3n) is 4.04. The van der Waals surface area contributed by atoms with Crippen LogP contribution in [0.25, 0.3) is 0 Å². The van der Waals surface area contributed by atoms with Crippen molar-refractivity contribution in [3.8, 4) is 12.3 Å².